The van der Waals surface area contributed by atoms with Gasteiger partial charge < -0.3 is 20.1 Å². The average molecular weight is 425 g/mol. The van der Waals surface area contributed by atoms with Crippen LogP contribution < -0.4 is 10.1 Å². The van der Waals surface area contributed by atoms with Gasteiger partial charge in [0.25, 0.3) is 5.91 Å². The number of hydrogen-bond donors (Lipinski definition) is 2. The summed E-state index contributed by atoms with van der Waals surface area (Å²) in [7, 11) is 0. The lowest BCUT2D eigenvalue weighted by Gasteiger charge is -2.36. The van der Waals surface area contributed by atoms with Crippen LogP contribution in [0.4, 0.5) is 4.39 Å². The standard InChI is InChI=1S/C25H29FN2O3/c1-3-28(4-2)24(30)17-6-8-19(22(29)14-17)21-16-25(10-5-12-27-13-11-25)31-23-9-7-18(26)15-20(21)23/h6-9,14-16,27,29H,3-5,10-13H2,1-2H3. The van der Waals surface area contributed by atoms with E-state index in [1.54, 1.807) is 23.1 Å². The van der Waals surface area contributed by atoms with Gasteiger partial charge in [-0.15, -0.1) is 0 Å². The van der Waals surface area contributed by atoms with Gasteiger partial charge in [-0.3, -0.25) is 4.79 Å². The van der Waals surface area contributed by atoms with Crippen molar-refractivity contribution in [3.63, 3.8) is 0 Å². The second kappa shape index (κ2) is 8.71. The van der Waals surface area contributed by atoms with Gasteiger partial charge in [-0.25, -0.2) is 4.39 Å². The quantitative estimate of drug-likeness (QED) is 0.766. The molecule has 0 saturated carbocycles. The number of amides is 1. The van der Waals surface area contributed by atoms with E-state index in [2.05, 4.69) is 5.32 Å². The first-order chi connectivity index (χ1) is 15.0. The molecule has 1 amide bonds. The lowest BCUT2D eigenvalue weighted by atomic mass is 9.84. The molecule has 0 radical (unpaired) electrons. The topological polar surface area (TPSA) is 61.8 Å². The smallest absolute Gasteiger partial charge is 0.253 e. The van der Waals surface area contributed by atoms with E-state index in [0.717, 1.165) is 37.9 Å². The van der Waals surface area contributed by atoms with E-state index >= 15 is 0 Å². The molecule has 1 atom stereocenters. The molecule has 6 heteroatoms. The van der Waals surface area contributed by atoms with E-state index in [9.17, 15) is 14.3 Å². The predicted octanol–water partition coefficient (Wildman–Crippen LogP) is 4.35. The summed E-state index contributed by atoms with van der Waals surface area (Å²) in [5, 5.41) is 14.3. The van der Waals surface area contributed by atoms with Crippen LogP contribution in [0.1, 0.15) is 54.6 Å². The van der Waals surface area contributed by atoms with Crippen molar-refractivity contribution in [2.45, 2.75) is 38.7 Å². The first-order valence-electron chi connectivity index (χ1n) is 11.0. The first-order valence-corrected chi connectivity index (χ1v) is 11.0. The van der Waals surface area contributed by atoms with Gasteiger partial charge >= 0.3 is 0 Å². The van der Waals surface area contributed by atoms with Gasteiger partial charge in [0.2, 0.25) is 0 Å². The molecule has 2 aliphatic heterocycles. The van der Waals surface area contributed by atoms with Crippen LogP contribution in [-0.2, 0) is 0 Å². The highest BCUT2D eigenvalue weighted by atomic mass is 19.1. The number of phenolic OH excluding ortho intramolecular Hbond substituents is 1. The fourth-order valence-corrected chi connectivity index (χ4v) is 4.51. The largest absolute Gasteiger partial charge is 0.507 e. The Balaban J connectivity index is 1.79. The lowest BCUT2D eigenvalue weighted by Crippen LogP contribution is -2.37. The van der Waals surface area contributed by atoms with Crippen LogP contribution in [-0.4, -0.2) is 47.7 Å². The summed E-state index contributed by atoms with van der Waals surface area (Å²) in [6.07, 6.45) is 4.61. The molecule has 0 aliphatic carbocycles. The summed E-state index contributed by atoms with van der Waals surface area (Å²) in [6.45, 7) is 6.80. The molecule has 0 bridgehead atoms. The Morgan fingerprint density at radius 3 is 2.68 bits per heavy atom. The molecule has 4 rings (SSSR count). The third kappa shape index (κ3) is 4.17. The van der Waals surface area contributed by atoms with Crippen LogP contribution in [0, 0.1) is 5.82 Å². The maximum atomic E-state index is 14.1. The SMILES string of the molecule is CCN(CC)C(=O)c1ccc(C2=CC3(CCCNCC3)Oc3ccc(F)cc32)c(O)c1. The zero-order valence-corrected chi connectivity index (χ0v) is 18.1. The highest BCUT2D eigenvalue weighted by Gasteiger charge is 2.37. The third-order valence-electron chi connectivity index (χ3n) is 6.22. The number of halogens is 1. The van der Waals surface area contributed by atoms with E-state index < -0.39 is 5.60 Å². The van der Waals surface area contributed by atoms with E-state index in [1.165, 1.54) is 18.2 Å². The molecule has 1 fully saturated rings. The summed E-state index contributed by atoms with van der Waals surface area (Å²) in [5.41, 5.74) is 1.85. The summed E-state index contributed by atoms with van der Waals surface area (Å²) in [4.78, 5) is 14.4. The van der Waals surface area contributed by atoms with Gasteiger partial charge in [0.1, 0.15) is 22.9 Å². The molecule has 1 spiro atoms. The van der Waals surface area contributed by atoms with Gasteiger partial charge in [-0.05, 0) is 87.8 Å². The Labute approximate surface area is 182 Å². The maximum absolute atomic E-state index is 14.1. The number of ether oxygens (including phenoxy) is 1. The molecule has 31 heavy (non-hydrogen) atoms. The number of benzene rings is 2. The van der Waals surface area contributed by atoms with Crippen molar-refractivity contribution >= 4 is 11.5 Å². The highest BCUT2D eigenvalue weighted by Crippen LogP contribution is 2.45. The predicted molar refractivity (Wildman–Crippen MR) is 119 cm³/mol. The van der Waals surface area contributed by atoms with Crippen LogP contribution >= 0.6 is 0 Å². The average Bonchev–Trinajstić information content (AvgIpc) is 2.99. The summed E-state index contributed by atoms with van der Waals surface area (Å²) in [5.74, 6) is 0.136. The van der Waals surface area contributed by atoms with Crippen LogP contribution in [0.3, 0.4) is 0 Å². The van der Waals surface area contributed by atoms with E-state index in [-0.39, 0.29) is 17.5 Å². The van der Waals surface area contributed by atoms with Crippen molar-refractivity contribution in [3.8, 4) is 11.5 Å². The van der Waals surface area contributed by atoms with Crippen LogP contribution in [0.25, 0.3) is 5.57 Å². The zero-order valence-electron chi connectivity index (χ0n) is 18.1. The molecule has 164 valence electrons. The van der Waals surface area contributed by atoms with Gasteiger partial charge in [0.05, 0.1) is 0 Å². The summed E-state index contributed by atoms with van der Waals surface area (Å²) in [6, 6.07) is 9.49. The molecule has 2 aromatic carbocycles. The number of carbonyl (C=O) groups is 1. The second-order valence-electron chi connectivity index (χ2n) is 8.18. The van der Waals surface area contributed by atoms with Gasteiger partial charge in [-0.2, -0.15) is 0 Å². The number of aromatic hydroxyl groups is 1. The normalized spacial score (nSPS) is 20.4. The number of nitrogens with one attached hydrogen (secondary N) is 1. The molecule has 2 heterocycles. The molecular formula is C25H29FN2O3. The summed E-state index contributed by atoms with van der Waals surface area (Å²) < 4.78 is 20.5. The van der Waals surface area contributed by atoms with Crippen molar-refractivity contribution in [1.82, 2.24) is 10.2 Å². The minimum Gasteiger partial charge on any atom is -0.507 e. The highest BCUT2D eigenvalue weighted by molar-refractivity contribution is 5.96. The number of phenols is 1. The van der Waals surface area contributed by atoms with Crippen LogP contribution in [0.5, 0.6) is 11.5 Å². The number of fused-ring (bicyclic) bond motifs is 1. The minimum atomic E-state index is -0.508. The van der Waals surface area contributed by atoms with Gasteiger partial charge in [0.15, 0.2) is 0 Å². The number of nitrogens with zero attached hydrogens (tertiary/aromatic N) is 1. The Bertz CT molecular complexity index is 1010. The number of rotatable bonds is 4. The van der Waals surface area contributed by atoms with Crippen molar-refractivity contribution < 1.29 is 19.0 Å². The van der Waals surface area contributed by atoms with Gasteiger partial charge in [0, 0.05) is 36.2 Å². The van der Waals surface area contributed by atoms with Crippen LogP contribution in [0.15, 0.2) is 42.5 Å². The third-order valence-corrected chi connectivity index (χ3v) is 6.22. The molecule has 2 N–H and O–H groups in total. The first kappa shape index (κ1) is 21.4. The Morgan fingerprint density at radius 1 is 1.13 bits per heavy atom. The zero-order chi connectivity index (χ0) is 22.0. The minimum absolute atomic E-state index is 0.00302. The number of carbonyl (C=O) groups excluding carboxylic acids is 1. The molecule has 1 saturated heterocycles. The van der Waals surface area contributed by atoms with E-state index in [1.807, 2.05) is 19.9 Å². The van der Waals surface area contributed by atoms with Crippen molar-refractivity contribution in [3.05, 3.63) is 65.0 Å². The number of hydrogen-bond acceptors (Lipinski definition) is 4. The Kier molecular flexibility index (Phi) is 6.01. The monoisotopic (exact) mass is 424 g/mol. The summed E-state index contributed by atoms with van der Waals surface area (Å²) >= 11 is 0. The second-order valence-corrected chi connectivity index (χ2v) is 8.18. The van der Waals surface area contributed by atoms with Crippen LogP contribution in [0.2, 0.25) is 0 Å². The Morgan fingerprint density at radius 2 is 1.94 bits per heavy atom. The fraction of sp³-hybridized carbons (Fsp3) is 0.400. The Hall–Kier alpha value is -2.86. The maximum Gasteiger partial charge on any atom is 0.253 e. The molecule has 2 aliphatic rings. The molecule has 1 unspecified atom stereocenters. The van der Waals surface area contributed by atoms with Crippen molar-refractivity contribution in [2.24, 2.45) is 0 Å². The lowest BCUT2D eigenvalue weighted by molar-refractivity contribution is 0.0772. The van der Waals surface area contributed by atoms with Crippen molar-refractivity contribution in [2.75, 3.05) is 26.2 Å². The molecule has 0 aromatic heterocycles. The van der Waals surface area contributed by atoms with Crippen molar-refractivity contribution in [1.29, 1.82) is 0 Å². The van der Waals surface area contributed by atoms with Gasteiger partial charge in [-0.1, -0.05) is 0 Å². The molecule has 2 aromatic rings. The molecular weight excluding hydrogens is 395 g/mol. The van der Waals surface area contributed by atoms with E-state index in [4.69, 9.17) is 4.74 Å². The molecule has 5 nitrogen and oxygen atoms in total. The fourth-order valence-electron chi connectivity index (χ4n) is 4.51. The van der Waals surface area contributed by atoms with E-state index in [0.29, 0.717) is 35.5 Å².